The van der Waals surface area contributed by atoms with Gasteiger partial charge in [-0.2, -0.15) is 0 Å². The van der Waals surface area contributed by atoms with Crippen molar-refractivity contribution in [1.82, 2.24) is 9.97 Å². The van der Waals surface area contributed by atoms with Crippen LogP contribution in [0.1, 0.15) is 0 Å². The Labute approximate surface area is 100 Å². The number of thiazole rings is 2. The van der Waals surface area contributed by atoms with Crippen molar-refractivity contribution in [2.75, 3.05) is 7.11 Å². The zero-order valence-electron chi connectivity index (χ0n) is 8.51. The van der Waals surface area contributed by atoms with Gasteiger partial charge in [0.2, 0.25) is 0 Å². The van der Waals surface area contributed by atoms with Crippen LogP contribution in [0.15, 0.2) is 29.8 Å². The van der Waals surface area contributed by atoms with Gasteiger partial charge >= 0.3 is 0 Å². The third-order valence-electron chi connectivity index (χ3n) is 2.21. The van der Waals surface area contributed by atoms with Crippen LogP contribution in [0.5, 0.6) is 5.75 Å². The summed E-state index contributed by atoms with van der Waals surface area (Å²) in [6.45, 7) is 0. The third kappa shape index (κ3) is 1.58. The van der Waals surface area contributed by atoms with Crippen LogP contribution in [-0.4, -0.2) is 17.1 Å². The number of methoxy groups -OCH3 is 1. The molecule has 0 saturated heterocycles. The lowest BCUT2D eigenvalue weighted by Crippen LogP contribution is -1.80. The summed E-state index contributed by atoms with van der Waals surface area (Å²) < 4.78 is 6.32. The Morgan fingerprint density at radius 1 is 1.25 bits per heavy atom. The van der Waals surface area contributed by atoms with Crippen molar-refractivity contribution >= 4 is 32.9 Å². The number of fused-ring (bicyclic) bond motifs is 1. The first-order chi connectivity index (χ1) is 7.86. The second-order valence-corrected chi connectivity index (χ2v) is 5.12. The van der Waals surface area contributed by atoms with Crippen LogP contribution >= 0.6 is 22.7 Å². The summed E-state index contributed by atoms with van der Waals surface area (Å²) >= 11 is 3.25. The smallest absolute Gasteiger partial charge is 0.153 e. The predicted octanol–water partition coefficient (Wildman–Crippen LogP) is 3.43. The molecule has 0 spiro atoms. The number of aromatic nitrogens is 2. The Kier molecular flexibility index (Phi) is 2.34. The number of ether oxygens (including phenoxy) is 1. The summed E-state index contributed by atoms with van der Waals surface area (Å²) in [5.41, 5.74) is 0.996. The van der Waals surface area contributed by atoms with Gasteiger partial charge in [-0.05, 0) is 18.2 Å². The minimum absolute atomic E-state index is 0.863. The zero-order chi connectivity index (χ0) is 11.0. The van der Waals surface area contributed by atoms with E-state index in [1.54, 1.807) is 36.0 Å². The van der Waals surface area contributed by atoms with Crippen molar-refractivity contribution < 1.29 is 4.74 Å². The fourth-order valence-corrected chi connectivity index (χ4v) is 3.13. The molecule has 0 aliphatic carbocycles. The van der Waals surface area contributed by atoms with Crippen LogP contribution in [0.3, 0.4) is 0 Å². The van der Waals surface area contributed by atoms with Gasteiger partial charge in [-0.15, -0.1) is 22.7 Å². The maximum atomic E-state index is 5.19. The molecule has 0 radical (unpaired) electrons. The second kappa shape index (κ2) is 3.84. The Hall–Kier alpha value is -1.46. The van der Waals surface area contributed by atoms with E-state index in [2.05, 4.69) is 9.97 Å². The number of hydrogen-bond donors (Lipinski definition) is 0. The third-order valence-corrected chi connectivity index (χ3v) is 4.14. The molecule has 0 aliphatic rings. The summed E-state index contributed by atoms with van der Waals surface area (Å²) in [6.07, 6.45) is 1.80. The van der Waals surface area contributed by atoms with Gasteiger partial charge in [-0.3, -0.25) is 0 Å². The summed E-state index contributed by atoms with van der Waals surface area (Å²) in [4.78, 5) is 8.80. The molecule has 0 atom stereocenters. The van der Waals surface area contributed by atoms with E-state index < -0.39 is 0 Å². The van der Waals surface area contributed by atoms with Gasteiger partial charge in [0.1, 0.15) is 5.75 Å². The largest absolute Gasteiger partial charge is 0.497 e. The molecule has 5 heteroatoms. The van der Waals surface area contributed by atoms with Crippen molar-refractivity contribution in [2.45, 2.75) is 0 Å². The molecule has 2 aromatic heterocycles. The normalized spacial score (nSPS) is 10.8. The van der Waals surface area contributed by atoms with Gasteiger partial charge in [0.05, 0.1) is 17.3 Å². The van der Waals surface area contributed by atoms with Crippen molar-refractivity contribution in [3.8, 4) is 15.8 Å². The van der Waals surface area contributed by atoms with E-state index in [0.717, 1.165) is 26.0 Å². The van der Waals surface area contributed by atoms with Gasteiger partial charge < -0.3 is 4.74 Å². The highest BCUT2D eigenvalue weighted by molar-refractivity contribution is 7.24. The molecular formula is C11H8N2OS2. The van der Waals surface area contributed by atoms with Gasteiger partial charge in [-0.25, -0.2) is 9.97 Å². The van der Waals surface area contributed by atoms with E-state index in [0.29, 0.717) is 0 Å². The van der Waals surface area contributed by atoms with Crippen LogP contribution < -0.4 is 4.74 Å². The molecule has 80 valence electrons. The first kappa shape index (κ1) is 9.74. The average molecular weight is 248 g/mol. The molecule has 0 aliphatic heterocycles. The van der Waals surface area contributed by atoms with Gasteiger partial charge in [0.15, 0.2) is 10.0 Å². The Balaban J connectivity index is 2.16. The minimum atomic E-state index is 0.863. The average Bonchev–Trinajstić information content (AvgIpc) is 2.96. The molecule has 3 rings (SSSR count). The summed E-state index contributed by atoms with van der Waals surface area (Å²) in [7, 11) is 1.67. The monoisotopic (exact) mass is 248 g/mol. The van der Waals surface area contributed by atoms with Crippen LogP contribution in [0.4, 0.5) is 0 Å². The second-order valence-electron chi connectivity index (χ2n) is 3.19. The molecule has 3 aromatic rings. The lowest BCUT2D eigenvalue weighted by Gasteiger charge is -1.96. The maximum Gasteiger partial charge on any atom is 0.153 e. The molecule has 16 heavy (non-hydrogen) atoms. The summed E-state index contributed by atoms with van der Waals surface area (Å²) in [5.74, 6) is 0.863. The molecule has 0 bridgehead atoms. The van der Waals surface area contributed by atoms with Gasteiger partial charge in [0.25, 0.3) is 0 Å². The van der Waals surface area contributed by atoms with E-state index in [-0.39, 0.29) is 0 Å². The van der Waals surface area contributed by atoms with E-state index in [1.165, 1.54) is 0 Å². The molecule has 0 amide bonds. The maximum absolute atomic E-state index is 5.19. The molecule has 1 aromatic carbocycles. The SMILES string of the molecule is COc1ccc2nc(-c3nccs3)sc2c1. The molecule has 0 fully saturated rings. The Morgan fingerprint density at radius 3 is 2.94 bits per heavy atom. The van der Waals surface area contributed by atoms with Crippen molar-refractivity contribution in [1.29, 1.82) is 0 Å². The fourth-order valence-electron chi connectivity index (χ4n) is 1.45. The quantitative estimate of drug-likeness (QED) is 0.697. The van der Waals surface area contributed by atoms with Crippen molar-refractivity contribution in [3.05, 3.63) is 29.8 Å². The first-order valence-corrected chi connectivity index (χ1v) is 6.41. The van der Waals surface area contributed by atoms with E-state index in [4.69, 9.17) is 4.74 Å². The molecule has 0 N–H and O–H groups in total. The number of benzene rings is 1. The van der Waals surface area contributed by atoms with Crippen LogP contribution in [-0.2, 0) is 0 Å². The van der Waals surface area contributed by atoms with Crippen LogP contribution in [0, 0.1) is 0 Å². The lowest BCUT2D eigenvalue weighted by molar-refractivity contribution is 0.415. The Bertz CT molecular complexity index is 616. The highest BCUT2D eigenvalue weighted by Gasteiger charge is 2.08. The highest BCUT2D eigenvalue weighted by atomic mass is 32.1. The van der Waals surface area contributed by atoms with E-state index in [1.807, 2.05) is 23.6 Å². The summed E-state index contributed by atoms with van der Waals surface area (Å²) in [6, 6.07) is 5.90. The Morgan fingerprint density at radius 2 is 2.19 bits per heavy atom. The van der Waals surface area contributed by atoms with Gasteiger partial charge in [-0.1, -0.05) is 0 Å². The van der Waals surface area contributed by atoms with E-state index in [9.17, 15) is 0 Å². The highest BCUT2D eigenvalue weighted by Crippen LogP contribution is 2.32. The predicted molar refractivity (Wildman–Crippen MR) is 67.3 cm³/mol. The molecule has 3 nitrogen and oxygen atoms in total. The summed E-state index contributed by atoms with van der Waals surface area (Å²) in [5, 5.41) is 3.90. The minimum Gasteiger partial charge on any atom is -0.497 e. The van der Waals surface area contributed by atoms with Crippen molar-refractivity contribution in [3.63, 3.8) is 0 Å². The standard InChI is InChI=1S/C11H8N2OS2/c1-14-7-2-3-8-9(6-7)16-11(13-8)10-12-4-5-15-10/h2-6H,1H3. The van der Waals surface area contributed by atoms with E-state index >= 15 is 0 Å². The first-order valence-electron chi connectivity index (χ1n) is 4.71. The zero-order valence-corrected chi connectivity index (χ0v) is 10.1. The molecular weight excluding hydrogens is 240 g/mol. The molecule has 2 heterocycles. The topological polar surface area (TPSA) is 35.0 Å². The van der Waals surface area contributed by atoms with Gasteiger partial charge in [0, 0.05) is 11.6 Å². The number of rotatable bonds is 2. The molecule has 0 unspecified atom stereocenters. The number of hydrogen-bond acceptors (Lipinski definition) is 5. The van der Waals surface area contributed by atoms with Crippen LogP contribution in [0.2, 0.25) is 0 Å². The van der Waals surface area contributed by atoms with Crippen molar-refractivity contribution in [2.24, 2.45) is 0 Å². The fraction of sp³-hybridized carbons (Fsp3) is 0.0909. The number of nitrogens with zero attached hydrogens (tertiary/aromatic N) is 2. The molecule has 0 saturated carbocycles. The lowest BCUT2D eigenvalue weighted by atomic mass is 10.3. The van der Waals surface area contributed by atoms with Crippen LogP contribution in [0.25, 0.3) is 20.2 Å².